The SMILES string of the molecule is [2H]C(c1ccc(C(C)(C)C)cc1)(c1ccc(C(C)(C)C)cc1)c1cc(C([2H])(c2cc(C([2H])(c3ccc(C(C)(C)C)cc3)c3ccc(C(C)(C)C)cc3)c(C)cc2C)c2cc(C([2H])(c3ccc(C(C)(C)C)cc3)c3ccc(C(C)(C)C)cc3)c(C)cc2C)c(C)cc1C. The quantitative estimate of drug-likeness (QED) is 0.107. The van der Waals surface area contributed by atoms with Crippen LogP contribution in [0.4, 0.5) is 0 Å². The number of aryl methyl sites for hydroxylation is 6. The Morgan fingerprint density at radius 3 is 0.443 bits per heavy atom. The van der Waals surface area contributed by atoms with Crippen LogP contribution in [0.2, 0.25) is 0 Å². The van der Waals surface area contributed by atoms with Crippen LogP contribution in [0.15, 0.2) is 182 Å². The molecule has 0 heteroatoms. The van der Waals surface area contributed by atoms with Crippen molar-refractivity contribution in [2.75, 3.05) is 0 Å². The minimum Gasteiger partial charge on any atom is -0.0582 e. The first-order chi connectivity index (χ1) is 42.4. The minimum absolute atomic E-state index is 0.102. The second-order valence-electron chi connectivity index (χ2n) is 31.9. The fourth-order valence-corrected chi connectivity index (χ4v) is 12.9. The second-order valence-corrected chi connectivity index (χ2v) is 31.9. The monoisotopic (exact) mass is 1170 g/mol. The summed E-state index contributed by atoms with van der Waals surface area (Å²) < 4.78 is 46.4. The van der Waals surface area contributed by atoms with Crippen molar-refractivity contribution in [3.63, 3.8) is 0 Å². The summed E-state index contributed by atoms with van der Waals surface area (Å²) in [6.45, 7) is 53.0. The largest absolute Gasteiger partial charge is 0.0582 e. The van der Waals surface area contributed by atoms with Crippen molar-refractivity contribution in [3.8, 4) is 0 Å². The van der Waals surface area contributed by atoms with E-state index in [-0.39, 0.29) is 32.5 Å². The highest BCUT2D eigenvalue weighted by atomic mass is 14.4. The normalized spacial score (nSPS) is 14.1. The summed E-state index contributed by atoms with van der Waals surface area (Å²) in [7, 11) is 0. The topological polar surface area (TPSA) is 0 Å². The molecule has 458 valence electrons. The Kier molecular flexibility index (Phi) is 16.6. The summed E-state index contributed by atoms with van der Waals surface area (Å²) in [6.07, 6.45) is 0. The lowest BCUT2D eigenvalue weighted by molar-refractivity contribution is 0.589. The predicted molar refractivity (Wildman–Crippen MR) is 382 cm³/mol. The van der Waals surface area contributed by atoms with Gasteiger partial charge in [-0.1, -0.05) is 307 Å². The molecule has 0 aliphatic heterocycles. The van der Waals surface area contributed by atoms with Gasteiger partial charge in [0.2, 0.25) is 0 Å². The van der Waals surface area contributed by atoms with Crippen molar-refractivity contribution in [2.45, 2.75) is 222 Å². The van der Waals surface area contributed by atoms with E-state index in [1.165, 1.54) is 33.4 Å². The van der Waals surface area contributed by atoms with Crippen LogP contribution in [0, 0.1) is 41.5 Å². The highest BCUT2D eigenvalue weighted by molar-refractivity contribution is 5.62. The highest BCUT2D eigenvalue weighted by Crippen LogP contribution is 2.48. The first-order valence-corrected chi connectivity index (χ1v) is 32.4. The van der Waals surface area contributed by atoms with Gasteiger partial charge in [0.1, 0.15) is 0 Å². The van der Waals surface area contributed by atoms with Gasteiger partial charge >= 0.3 is 0 Å². The van der Waals surface area contributed by atoms with E-state index in [4.69, 9.17) is 0 Å². The van der Waals surface area contributed by atoms with Gasteiger partial charge in [-0.3, -0.25) is 0 Å². The Labute approximate surface area is 540 Å². The molecule has 0 saturated heterocycles. The third kappa shape index (κ3) is 14.0. The molecule has 0 atom stereocenters. The summed E-state index contributed by atoms with van der Waals surface area (Å²) in [4.78, 5) is 0. The predicted octanol–water partition coefficient (Wildman–Crippen LogP) is 24.0. The van der Waals surface area contributed by atoms with Crippen molar-refractivity contribution in [1.82, 2.24) is 0 Å². The Hall–Kier alpha value is -7.02. The summed E-state index contributed by atoms with van der Waals surface area (Å²) >= 11 is 0. The molecule has 0 bridgehead atoms. The zero-order valence-corrected chi connectivity index (χ0v) is 58.3. The van der Waals surface area contributed by atoms with E-state index in [2.05, 4.69) is 348 Å². The molecule has 88 heavy (non-hydrogen) atoms. The molecule has 0 fully saturated rings. The van der Waals surface area contributed by atoms with Gasteiger partial charge in [-0.05, 0) is 208 Å². The van der Waals surface area contributed by atoms with Crippen LogP contribution in [0.3, 0.4) is 0 Å². The standard InChI is InChI=1S/C88H106/c1-55-49-58(4)76(52-73(55)79(61-25-37-67(38-26-61)83(7,8)9)62-27-39-68(40-28-62)84(10,11)12)82(77-53-74(56(2)50-59(77)5)80(63-29-41-69(42-30-63)85(13,14)15)64-31-43-70(44-32-64)86(16,17)18)78-54-75(57(3)51-60(78)6)81(65-33-45-71(46-34-65)87(19,20)21)66-35-47-72(48-36-66)88(22,23)24/h25-54,79-82H,1-24H3/i79D,80D,81D,82D. The fraction of sp³-hybridized carbons (Fsp3) is 0.386. The molecule has 9 aromatic carbocycles. The molecule has 9 aromatic rings. The van der Waals surface area contributed by atoms with E-state index in [9.17, 15) is 5.48 Å². The number of benzene rings is 9. The summed E-state index contributed by atoms with van der Waals surface area (Å²) in [5, 5.41) is 0. The van der Waals surface area contributed by atoms with E-state index < -0.39 is 23.6 Å². The smallest absolute Gasteiger partial charge is 0.0453 e. The van der Waals surface area contributed by atoms with Crippen LogP contribution in [-0.2, 0) is 32.5 Å². The maximum absolute atomic E-state index is 12.3. The van der Waals surface area contributed by atoms with Crippen molar-refractivity contribution in [2.24, 2.45) is 0 Å². The van der Waals surface area contributed by atoms with Gasteiger partial charge in [-0.2, -0.15) is 0 Å². The number of hydrogen-bond acceptors (Lipinski definition) is 0. The van der Waals surface area contributed by atoms with Gasteiger partial charge in [-0.15, -0.1) is 0 Å². The van der Waals surface area contributed by atoms with E-state index >= 15 is 0 Å². The van der Waals surface area contributed by atoms with Gasteiger partial charge < -0.3 is 0 Å². The van der Waals surface area contributed by atoms with Crippen LogP contribution in [0.1, 0.15) is 287 Å². The van der Waals surface area contributed by atoms with Crippen LogP contribution >= 0.6 is 0 Å². The second kappa shape index (κ2) is 24.4. The first-order valence-electron chi connectivity index (χ1n) is 34.4. The van der Waals surface area contributed by atoms with E-state index in [1.807, 2.05) is 0 Å². The van der Waals surface area contributed by atoms with E-state index in [0.29, 0.717) is 0 Å². The van der Waals surface area contributed by atoms with E-state index in [1.54, 1.807) is 0 Å². The molecule has 0 aliphatic carbocycles. The third-order valence-corrected chi connectivity index (χ3v) is 18.6. The minimum atomic E-state index is -1.71. The summed E-state index contributed by atoms with van der Waals surface area (Å²) in [5.74, 6) is -5.99. The van der Waals surface area contributed by atoms with Gasteiger partial charge in [0, 0.05) is 29.1 Å². The first kappa shape index (κ1) is 59.9. The van der Waals surface area contributed by atoms with Crippen LogP contribution in [0.5, 0.6) is 0 Å². The molecule has 0 aromatic heterocycles. The maximum atomic E-state index is 12.3. The molecule has 0 radical (unpaired) electrons. The zero-order chi connectivity index (χ0) is 68.1. The van der Waals surface area contributed by atoms with E-state index in [0.717, 1.165) is 100 Å². The molecule has 0 N–H and O–H groups in total. The lowest BCUT2D eigenvalue weighted by Crippen LogP contribution is -2.16. The Morgan fingerprint density at radius 1 is 0.193 bits per heavy atom. The van der Waals surface area contributed by atoms with Crippen LogP contribution in [-0.4, -0.2) is 0 Å². The summed E-state index contributed by atoms with van der Waals surface area (Å²) in [6, 6.07) is 65.3. The fourth-order valence-electron chi connectivity index (χ4n) is 12.9. The van der Waals surface area contributed by atoms with Gasteiger partial charge in [-0.25, -0.2) is 0 Å². The molecule has 0 nitrogen and oxygen atoms in total. The lowest BCUT2D eigenvalue weighted by atomic mass is 9.72. The van der Waals surface area contributed by atoms with Crippen molar-refractivity contribution in [3.05, 3.63) is 316 Å². The van der Waals surface area contributed by atoms with Crippen molar-refractivity contribution in [1.29, 1.82) is 0 Å². The average molecular weight is 1170 g/mol. The van der Waals surface area contributed by atoms with Crippen LogP contribution in [0.25, 0.3) is 0 Å². The van der Waals surface area contributed by atoms with Crippen LogP contribution < -0.4 is 0 Å². The molecule has 0 heterocycles. The Balaban J connectivity index is 1.44. The highest BCUT2D eigenvalue weighted by Gasteiger charge is 2.32. The molecule has 0 unspecified atom stereocenters. The van der Waals surface area contributed by atoms with Gasteiger partial charge in [0.05, 0.1) is 0 Å². The molecular weight excluding hydrogens is 1060 g/mol. The maximum Gasteiger partial charge on any atom is 0.0453 e. The molecule has 0 spiro atoms. The van der Waals surface area contributed by atoms with Crippen molar-refractivity contribution < 1.29 is 5.48 Å². The molecule has 0 amide bonds. The van der Waals surface area contributed by atoms with Gasteiger partial charge in [0.25, 0.3) is 0 Å². The molecular formula is C88H106. The Bertz CT molecular complexity index is 3530. The van der Waals surface area contributed by atoms with Gasteiger partial charge in [0.15, 0.2) is 0 Å². The Morgan fingerprint density at radius 2 is 0.318 bits per heavy atom. The molecule has 0 aliphatic rings. The summed E-state index contributed by atoms with van der Waals surface area (Å²) in [5.41, 5.74) is 21.8. The molecule has 9 rings (SSSR count). The number of rotatable bonds is 12. The zero-order valence-electron chi connectivity index (χ0n) is 62.3. The molecule has 0 saturated carbocycles. The average Bonchev–Trinajstić information content (AvgIpc) is 0.706. The number of hydrogen-bond donors (Lipinski definition) is 0. The lowest BCUT2D eigenvalue weighted by Gasteiger charge is -2.32. The third-order valence-electron chi connectivity index (χ3n) is 18.6. The van der Waals surface area contributed by atoms with Crippen molar-refractivity contribution >= 4 is 0 Å².